The fourth-order valence-electron chi connectivity index (χ4n) is 3.38. The van der Waals surface area contributed by atoms with Gasteiger partial charge in [0.25, 0.3) is 5.91 Å². The van der Waals surface area contributed by atoms with Crippen LogP contribution in [0.5, 0.6) is 11.5 Å². The summed E-state index contributed by atoms with van der Waals surface area (Å²) in [4.78, 5) is 25.0. The van der Waals surface area contributed by atoms with Crippen LogP contribution in [0.4, 0.5) is 0 Å². The number of nitrogens with one attached hydrogen (secondary N) is 1. The summed E-state index contributed by atoms with van der Waals surface area (Å²) in [5.74, 6) is 1.07. The largest absolute Gasteiger partial charge is 0.457 e. The Morgan fingerprint density at radius 3 is 2.19 bits per heavy atom. The van der Waals surface area contributed by atoms with Crippen molar-refractivity contribution in [2.75, 3.05) is 0 Å². The topological polar surface area (TPSA) is 68.5 Å². The molecule has 5 nitrogen and oxygen atoms in total. The van der Waals surface area contributed by atoms with Crippen LogP contribution in [0.25, 0.3) is 11.0 Å². The van der Waals surface area contributed by atoms with Gasteiger partial charge in [-0.3, -0.25) is 9.59 Å². The van der Waals surface area contributed by atoms with Crippen molar-refractivity contribution >= 4 is 16.9 Å². The molecule has 1 amide bonds. The third-order valence-electron chi connectivity index (χ3n) is 5.66. The molecule has 1 aromatic heterocycles. The predicted octanol–water partition coefficient (Wildman–Crippen LogP) is 5.75. The Kier molecular flexibility index (Phi) is 5.82. The van der Waals surface area contributed by atoms with Gasteiger partial charge in [-0.15, -0.1) is 0 Å². The first-order valence-electron chi connectivity index (χ1n) is 10.5. The lowest BCUT2D eigenvalue weighted by atomic mass is 10.1. The molecule has 0 aliphatic heterocycles. The van der Waals surface area contributed by atoms with Crippen molar-refractivity contribution in [3.8, 4) is 11.5 Å². The first kappa shape index (κ1) is 21.4. The van der Waals surface area contributed by atoms with Crippen LogP contribution in [-0.4, -0.2) is 5.91 Å². The number of hydrogen-bond acceptors (Lipinski definition) is 4. The molecule has 0 saturated heterocycles. The fourth-order valence-corrected chi connectivity index (χ4v) is 3.38. The number of benzene rings is 3. The van der Waals surface area contributed by atoms with E-state index in [1.807, 2.05) is 63.2 Å². The first-order valence-corrected chi connectivity index (χ1v) is 10.5. The molecular weight excluding hydrogens is 402 g/mol. The fraction of sp³-hybridized carbons (Fsp3) is 0.185. The van der Waals surface area contributed by atoms with Crippen LogP contribution in [0.15, 0.2) is 69.9 Å². The van der Waals surface area contributed by atoms with E-state index in [0.29, 0.717) is 17.5 Å². The molecule has 162 valence electrons. The van der Waals surface area contributed by atoms with Crippen LogP contribution >= 0.6 is 0 Å². The minimum absolute atomic E-state index is 0.000414. The molecular formula is C27H25NO4. The smallest absolute Gasteiger partial charge is 0.287 e. The summed E-state index contributed by atoms with van der Waals surface area (Å²) in [5, 5.41) is 3.28. The van der Waals surface area contributed by atoms with Crippen molar-refractivity contribution in [2.24, 2.45) is 0 Å². The maximum absolute atomic E-state index is 12.6. The summed E-state index contributed by atoms with van der Waals surface area (Å²) in [5.41, 5.74) is 5.49. The second-order valence-electron chi connectivity index (χ2n) is 8.08. The average Bonchev–Trinajstić information content (AvgIpc) is 2.77. The Morgan fingerprint density at radius 2 is 1.47 bits per heavy atom. The Balaban J connectivity index is 1.43. The van der Waals surface area contributed by atoms with E-state index in [9.17, 15) is 9.59 Å². The molecule has 0 radical (unpaired) electrons. The van der Waals surface area contributed by atoms with Gasteiger partial charge in [0, 0.05) is 12.6 Å². The second-order valence-corrected chi connectivity index (χ2v) is 8.08. The SMILES string of the molecule is Cc1ccc(Oc2ccc(CNC(=O)c3cc(=O)c4cc(C)c(C)cc4o3)cc2)cc1C. The van der Waals surface area contributed by atoms with E-state index in [-0.39, 0.29) is 11.2 Å². The lowest BCUT2D eigenvalue weighted by molar-refractivity contribution is 0.0923. The Labute approximate surface area is 186 Å². The molecule has 0 aliphatic carbocycles. The van der Waals surface area contributed by atoms with Crippen molar-refractivity contribution in [3.05, 3.63) is 104 Å². The highest BCUT2D eigenvalue weighted by Crippen LogP contribution is 2.24. The number of ether oxygens (including phenoxy) is 1. The molecule has 1 N–H and O–H groups in total. The number of carbonyl (C=O) groups excluding carboxylic acids is 1. The number of fused-ring (bicyclic) bond motifs is 1. The number of amides is 1. The normalized spacial score (nSPS) is 10.9. The van der Waals surface area contributed by atoms with Crippen molar-refractivity contribution in [2.45, 2.75) is 34.2 Å². The average molecular weight is 428 g/mol. The van der Waals surface area contributed by atoms with E-state index >= 15 is 0 Å². The van der Waals surface area contributed by atoms with Crippen molar-refractivity contribution in [1.82, 2.24) is 5.32 Å². The molecule has 0 fully saturated rings. The summed E-state index contributed by atoms with van der Waals surface area (Å²) in [6.45, 7) is 8.29. The minimum atomic E-state index is -0.433. The van der Waals surface area contributed by atoms with Gasteiger partial charge < -0.3 is 14.5 Å². The Morgan fingerprint density at radius 1 is 0.812 bits per heavy atom. The molecule has 0 saturated carbocycles. The lowest BCUT2D eigenvalue weighted by Gasteiger charge is -2.10. The Hall–Kier alpha value is -3.86. The van der Waals surface area contributed by atoms with Crippen molar-refractivity contribution in [1.29, 1.82) is 0 Å². The van der Waals surface area contributed by atoms with Gasteiger partial charge in [0.1, 0.15) is 17.1 Å². The minimum Gasteiger partial charge on any atom is -0.457 e. The maximum Gasteiger partial charge on any atom is 0.287 e. The number of aryl methyl sites for hydroxylation is 4. The molecule has 0 bridgehead atoms. The zero-order valence-electron chi connectivity index (χ0n) is 18.6. The monoisotopic (exact) mass is 427 g/mol. The Bertz CT molecular complexity index is 1370. The van der Waals surface area contributed by atoms with Gasteiger partial charge >= 0.3 is 0 Å². The number of hydrogen-bond donors (Lipinski definition) is 1. The van der Waals surface area contributed by atoms with E-state index in [2.05, 4.69) is 12.2 Å². The van der Waals surface area contributed by atoms with Crippen molar-refractivity contribution in [3.63, 3.8) is 0 Å². The summed E-state index contributed by atoms with van der Waals surface area (Å²) in [7, 11) is 0. The third kappa shape index (κ3) is 4.57. The van der Waals surface area contributed by atoms with Gasteiger partial charge in [-0.25, -0.2) is 0 Å². The highest BCUT2D eigenvalue weighted by molar-refractivity contribution is 5.93. The van der Waals surface area contributed by atoms with Gasteiger partial charge in [0.2, 0.25) is 0 Å². The van der Waals surface area contributed by atoms with Gasteiger partial charge in [0.15, 0.2) is 11.2 Å². The maximum atomic E-state index is 12.6. The second kappa shape index (κ2) is 8.71. The standard InChI is InChI=1S/C27H25NO4/c1-16-5-8-22(11-17(16)2)31-21-9-6-20(7-10-21)15-28-27(30)26-14-24(29)23-12-18(3)19(4)13-25(23)32-26/h5-14H,15H2,1-4H3,(H,28,30). The number of carbonyl (C=O) groups is 1. The first-order chi connectivity index (χ1) is 15.3. The molecule has 5 heteroatoms. The zero-order chi connectivity index (χ0) is 22.8. The molecule has 0 atom stereocenters. The lowest BCUT2D eigenvalue weighted by Crippen LogP contribution is -2.24. The van der Waals surface area contributed by atoms with Crippen LogP contribution in [0.3, 0.4) is 0 Å². The molecule has 0 unspecified atom stereocenters. The third-order valence-corrected chi connectivity index (χ3v) is 5.66. The zero-order valence-corrected chi connectivity index (χ0v) is 18.6. The van der Waals surface area contributed by atoms with Crippen LogP contribution in [0.1, 0.15) is 38.4 Å². The molecule has 4 aromatic rings. The molecule has 32 heavy (non-hydrogen) atoms. The van der Waals surface area contributed by atoms with Crippen LogP contribution < -0.4 is 15.5 Å². The molecule has 0 spiro atoms. The highest BCUT2D eigenvalue weighted by atomic mass is 16.5. The summed E-state index contributed by atoms with van der Waals surface area (Å²) < 4.78 is 11.6. The summed E-state index contributed by atoms with van der Waals surface area (Å²) >= 11 is 0. The van der Waals surface area contributed by atoms with Gasteiger partial charge in [-0.05, 0) is 91.9 Å². The van der Waals surface area contributed by atoms with Crippen LogP contribution in [0, 0.1) is 27.7 Å². The number of rotatable bonds is 5. The highest BCUT2D eigenvalue weighted by Gasteiger charge is 2.13. The van der Waals surface area contributed by atoms with Gasteiger partial charge in [-0.2, -0.15) is 0 Å². The quantitative estimate of drug-likeness (QED) is 0.440. The van der Waals surface area contributed by atoms with E-state index in [4.69, 9.17) is 9.15 Å². The van der Waals surface area contributed by atoms with Gasteiger partial charge in [0.05, 0.1) is 5.39 Å². The van der Waals surface area contributed by atoms with Gasteiger partial charge in [-0.1, -0.05) is 18.2 Å². The predicted molar refractivity (Wildman–Crippen MR) is 126 cm³/mol. The molecule has 0 aliphatic rings. The van der Waals surface area contributed by atoms with E-state index in [0.717, 1.165) is 28.2 Å². The summed E-state index contributed by atoms with van der Waals surface area (Å²) in [6, 6.07) is 18.3. The van der Waals surface area contributed by atoms with Crippen LogP contribution in [0.2, 0.25) is 0 Å². The van der Waals surface area contributed by atoms with Crippen LogP contribution in [-0.2, 0) is 6.54 Å². The molecule has 1 heterocycles. The summed E-state index contributed by atoms with van der Waals surface area (Å²) in [6.07, 6.45) is 0. The van der Waals surface area contributed by atoms with Crippen molar-refractivity contribution < 1.29 is 13.9 Å². The van der Waals surface area contributed by atoms with E-state index in [1.54, 1.807) is 12.1 Å². The molecule has 3 aromatic carbocycles. The molecule has 4 rings (SSSR count). The van der Waals surface area contributed by atoms with E-state index < -0.39 is 5.91 Å². The van der Waals surface area contributed by atoms with E-state index in [1.165, 1.54) is 17.2 Å².